The Morgan fingerprint density at radius 1 is 1.29 bits per heavy atom. The van der Waals surface area contributed by atoms with Crippen molar-refractivity contribution in [3.8, 4) is 0 Å². The first-order chi connectivity index (χ1) is 9.68. The number of anilines is 1. The molecule has 4 nitrogen and oxygen atoms in total. The van der Waals surface area contributed by atoms with E-state index in [-0.39, 0.29) is 11.6 Å². The number of pyridine rings is 1. The van der Waals surface area contributed by atoms with E-state index >= 15 is 0 Å². The topological polar surface area (TPSA) is 42.7 Å². The number of aromatic nitrogens is 3. The highest BCUT2D eigenvalue weighted by Crippen LogP contribution is 2.25. The van der Waals surface area contributed by atoms with E-state index in [1.807, 2.05) is 16.9 Å². The molecule has 0 aliphatic heterocycles. The number of hydrogen-bond acceptors (Lipinski definition) is 3. The van der Waals surface area contributed by atoms with Crippen molar-refractivity contribution in [1.29, 1.82) is 0 Å². The summed E-state index contributed by atoms with van der Waals surface area (Å²) in [4.78, 5) is 4.40. The van der Waals surface area contributed by atoms with Gasteiger partial charge in [0, 0.05) is 22.4 Å². The zero-order chi connectivity index (χ0) is 15.8. The van der Waals surface area contributed by atoms with E-state index in [0.717, 1.165) is 16.0 Å². The number of nitrogens with zero attached hydrogens (tertiary/aromatic N) is 3. The summed E-state index contributed by atoms with van der Waals surface area (Å²) in [5.74, 6) is 0.881. The van der Waals surface area contributed by atoms with E-state index in [4.69, 9.17) is 0 Å². The van der Waals surface area contributed by atoms with E-state index in [9.17, 15) is 0 Å². The Morgan fingerprint density at radius 3 is 2.48 bits per heavy atom. The molecule has 0 aromatic carbocycles. The van der Waals surface area contributed by atoms with Crippen LogP contribution >= 0.6 is 15.9 Å². The summed E-state index contributed by atoms with van der Waals surface area (Å²) < 4.78 is 3.05. The summed E-state index contributed by atoms with van der Waals surface area (Å²) in [5, 5.41) is 8.07. The molecule has 2 aromatic rings. The van der Waals surface area contributed by atoms with Crippen LogP contribution < -0.4 is 5.32 Å². The molecule has 1 N–H and O–H groups in total. The second-order valence-electron chi connectivity index (χ2n) is 6.47. The minimum Gasteiger partial charge on any atom is -0.363 e. The first-order valence-electron chi connectivity index (χ1n) is 7.14. The molecule has 0 aliphatic rings. The molecule has 0 spiro atoms. The third-order valence-corrected chi connectivity index (χ3v) is 4.33. The molecule has 5 heteroatoms. The SMILES string of the molecule is Cc1cc(NC(C)c2cn(C(C)(C)C)nc2C)ncc1Br. The normalized spacial score (nSPS) is 13.3. The Morgan fingerprint density at radius 2 is 1.95 bits per heavy atom. The van der Waals surface area contributed by atoms with Gasteiger partial charge in [0.1, 0.15) is 5.82 Å². The predicted octanol–water partition coefficient (Wildman–Crippen LogP) is 4.59. The Labute approximate surface area is 135 Å². The summed E-state index contributed by atoms with van der Waals surface area (Å²) >= 11 is 3.47. The minimum absolute atomic E-state index is 0.00478. The molecule has 0 fully saturated rings. The smallest absolute Gasteiger partial charge is 0.126 e. The number of rotatable bonds is 3. The number of halogens is 1. The summed E-state index contributed by atoms with van der Waals surface area (Å²) in [6.45, 7) is 12.7. The molecule has 2 heterocycles. The van der Waals surface area contributed by atoms with Gasteiger partial charge in [-0.1, -0.05) is 0 Å². The molecule has 0 bridgehead atoms. The quantitative estimate of drug-likeness (QED) is 0.880. The zero-order valence-electron chi connectivity index (χ0n) is 13.5. The fourth-order valence-corrected chi connectivity index (χ4v) is 2.38. The van der Waals surface area contributed by atoms with Crippen molar-refractivity contribution in [2.75, 3.05) is 5.32 Å². The van der Waals surface area contributed by atoms with Gasteiger partial charge in [0.2, 0.25) is 0 Å². The highest BCUT2D eigenvalue weighted by atomic mass is 79.9. The van der Waals surface area contributed by atoms with E-state index in [0.29, 0.717) is 0 Å². The van der Waals surface area contributed by atoms with Crippen molar-refractivity contribution < 1.29 is 0 Å². The lowest BCUT2D eigenvalue weighted by atomic mass is 10.1. The van der Waals surface area contributed by atoms with E-state index < -0.39 is 0 Å². The van der Waals surface area contributed by atoms with Crippen LogP contribution in [0.15, 0.2) is 22.9 Å². The van der Waals surface area contributed by atoms with Crippen LogP contribution in [-0.2, 0) is 5.54 Å². The van der Waals surface area contributed by atoms with Gasteiger partial charge in [-0.25, -0.2) is 4.98 Å². The van der Waals surface area contributed by atoms with Crippen LogP contribution in [0.1, 0.15) is 50.6 Å². The molecule has 0 amide bonds. The minimum atomic E-state index is -0.00478. The molecular weight excluding hydrogens is 328 g/mol. The Bertz CT molecular complexity index is 640. The van der Waals surface area contributed by atoms with Gasteiger partial charge >= 0.3 is 0 Å². The van der Waals surface area contributed by atoms with Gasteiger partial charge in [-0.2, -0.15) is 5.10 Å². The van der Waals surface area contributed by atoms with Crippen molar-refractivity contribution in [2.24, 2.45) is 0 Å². The van der Waals surface area contributed by atoms with Crippen LogP contribution in [-0.4, -0.2) is 14.8 Å². The molecule has 1 atom stereocenters. The lowest BCUT2D eigenvalue weighted by Gasteiger charge is -2.19. The first-order valence-corrected chi connectivity index (χ1v) is 7.93. The molecule has 2 aromatic heterocycles. The lowest BCUT2D eigenvalue weighted by molar-refractivity contribution is 0.354. The highest BCUT2D eigenvalue weighted by Gasteiger charge is 2.19. The van der Waals surface area contributed by atoms with Crippen LogP contribution in [0.3, 0.4) is 0 Å². The van der Waals surface area contributed by atoms with Crippen LogP contribution in [0.2, 0.25) is 0 Å². The van der Waals surface area contributed by atoms with Crippen LogP contribution in [0.5, 0.6) is 0 Å². The van der Waals surface area contributed by atoms with Crippen molar-refractivity contribution >= 4 is 21.7 Å². The molecule has 21 heavy (non-hydrogen) atoms. The lowest BCUT2D eigenvalue weighted by Crippen LogP contribution is -2.22. The maximum atomic E-state index is 4.63. The van der Waals surface area contributed by atoms with Gasteiger partial charge in [-0.15, -0.1) is 0 Å². The zero-order valence-corrected chi connectivity index (χ0v) is 15.1. The Hall–Kier alpha value is -1.36. The predicted molar refractivity (Wildman–Crippen MR) is 90.7 cm³/mol. The molecular formula is C16H23BrN4. The fourth-order valence-electron chi connectivity index (χ4n) is 2.16. The number of hydrogen-bond donors (Lipinski definition) is 1. The molecule has 2 rings (SSSR count). The molecule has 0 saturated carbocycles. The Balaban J connectivity index is 2.22. The third-order valence-electron chi connectivity index (χ3n) is 3.50. The monoisotopic (exact) mass is 350 g/mol. The van der Waals surface area contributed by atoms with Gasteiger partial charge in [0.05, 0.1) is 17.3 Å². The maximum Gasteiger partial charge on any atom is 0.126 e. The Kier molecular flexibility index (Phi) is 4.42. The third kappa shape index (κ3) is 3.64. The van der Waals surface area contributed by atoms with Gasteiger partial charge in [0.25, 0.3) is 0 Å². The van der Waals surface area contributed by atoms with Crippen molar-refractivity contribution in [3.63, 3.8) is 0 Å². The number of aryl methyl sites for hydroxylation is 2. The summed E-state index contributed by atoms with van der Waals surface area (Å²) in [6.07, 6.45) is 3.95. The van der Waals surface area contributed by atoms with Crippen LogP contribution in [0.25, 0.3) is 0 Å². The van der Waals surface area contributed by atoms with E-state index in [1.165, 1.54) is 11.1 Å². The van der Waals surface area contributed by atoms with E-state index in [2.05, 4.69) is 79.1 Å². The van der Waals surface area contributed by atoms with Gasteiger partial charge < -0.3 is 5.32 Å². The molecule has 114 valence electrons. The largest absolute Gasteiger partial charge is 0.363 e. The number of nitrogens with one attached hydrogen (secondary N) is 1. The van der Waals surface area contributed by atoms with Gasteiger partial charge in [-0.05, 0) is 69.1 Å². The first kappa shape index (κ1) is 16.0. The second-order valence-corrected chi connectivity index (χ2v) is 7.32. The molecule has 0 aliphatic carbocycles. The molecule has 0 radical (unpaired) electrons. The average Bonchev–Trinajstić information content (AvgIpc) is 2.76. The van der Waals surface area contributed by atoms with E-state index in [1.54, 1.807) is 0 Å². The van der Waals surface area contributed by atoms with Crippen LogP contribution in [0.4, 0.5) is 5.82 Å². The summed E-state index contributed by atoms with van der Waals surface area (Å²) in [5.41, 5.74) is 3.42. The molecule has 1 unspecified atom stereocenters. The van der Waals surface area contributed by atoms with Crippen molar-refractivity contribution in [2.45, 2.75) is 53.1 Å². The van der Waals surface area contributed by atoms with Crippen LogP contribution in [0, 0.1) is 13.8 Å². The summed E-state index contributed by atoms with van der Waals surface area (Å²) in [7, 11) is 0. The van der Waals surface area contributed by atoms with Gasteiger partial charge in [0.15, 0.2) is 0 Å². The average molecular weight is 351 g/mol. The standard InChI is InChI=1S/C16H23BrN4/c1-10-7-15(18-8-14(10)17)19-11(2)13-9-21(16(4,5)6)20-12(13)3/h7-9,11H,1-6H3,(H,18,19). The van der Waals surface area contributed by atoms with Crippen molar-refractivity contribution in [3.05, 3.63) is 39.8 Å². The van der Waals surface area contributed by atoms with Crippen molar-refractivity contribution in [1.82, 2.24) is 14.8 Å². The fraction of sp³-hybridized carbons (Fsp3) is 0.500. The summed E-state index contributed by atoms with van der Waals surface area (Å²) in [6, 6.07) is 2.21. The highest BCUT2D eigenvalue weighted by molar-refractivity contribution is 9.10. The maximum absolute atomic E-state index is 4.63. The van der Waals surface area contributed by atoms with Gasteiger partial charge in [-0.3, -0.25) is 4.68 Å². The second kappa shape index (κ2) is 5.79. The molecule has 0 saturated heterocycles.